The first kappa shape index (κ1) is 45.2. The van der Waals surface area contributed by atoms with Crippen molar-refractivity contribution in [3.63, 3.8) is 0 Å². The van der Waals surface area contributed by atoms with Crippen molar-refractivity contribution in [2.45, 2.75) is 196 Å². The van der Waals surface area contributed by atoms with Crippen LogP contribution in [0.25, 0.3) is 0 Å². The van der Waals surface area contributed by atoms with Crippen molar-refractivity contribution >= 4 is 0 Å². The van der Waals surface area contributed by atoms with Crippen LogP contribution in [0.15, 0.2) is 11.6 Å². The maximum Gasteiger partial charge on any atom is 0.187 e. The number of rotatable bonds is 8. The average molecular weight is 871 g/mol. The van der Waals surface area contributed by atoms with E-state index in [0.717, 1.165) is 50.7 Å². The summed E-state index contributed by atoms with van der Waals surface area (Å²) in [6, 6.07) is 0. The molecule has 0 aromatic carbocycles. The minimum Gasteiger partial charge on any atom is -0.394 e. The molecule has 5 heterocycles. The van der Waals surface area contributed by atoms with Gasteiger partial charge in [0, 0.05) is 12.3 Å². The van der Waals surface area contributed by atoms with Crippen LogP contribution in [0.1, 0.15) is 86.0 Å². The summed E-state index contributed by atoms with van der Waals surface area (Å²) in [4.78, 5) is 0. The van der Waals surface area contributed by atoms with Crippen LogP contribution in [0, 0.1) is 46.3 Å². The van der Waals surface area contributed by atoms with Crippen LogP contribution >= 0.6 is 0 Å². The third-order valence-electron chi connectivity index (χ3n) is 17.4. The van der Waals surface area contributed by atoms with E-state index in [1.165, 1.54) is 6.92 Å². The van der Waals surface area contributed by atoms with Gasteiger partial charge in [-0.25, -0.2) is 0 Å². The SMILES string of the molecule is C[C@@H]1CC[C@@]2(OC1)O[C@H]1C[C@H]3[C@@H]4[C@H](O)C=C5C[C@@H](O[C@@H]6O[C@H](CO)[C@@H](O[C@@H]7O[C@@H](CO)[C@H](O)[C@H]7O)[C@H](O)[C@H]6O[C@@H]6O[C@@H](C)[C@H](O)[C@@H](O)[C@H]6O)CC[C@]5(C)[C@H]4CC[C@]3(C)[C@H]1[C@@H]2C. The third kappa shape index (κ3) is 7.32. The molecule has 9 rings (SSSR count). The van der Waals surface area contributed by atoms with Crippen molar-refractivity contribution in [3.8, 4) is 0 Å². The molecule has 1 spiro atoms. The molecule has 17 heteroatoms. The van der Waals surface area contributed by atoms with Gasteiger partial charge in [0.15, 0.2) is 24.7 Å². The Morgan fingerprint density at radius 3 is 2.07 bits per heavy atom. The predicted octanol–water partition coefficient (Wildman–Crippen LogP) is -0.176. The van der Waals surface area contributed by atoms with Crippen molar-refractivity contribution in [2.24, 2.45) is 46.3 Å². The normalized spacial score (nSPS) is 58.2. The Morgan fingerprint density at radius 2 is 1.38 bits per heavy atom. The summed E-state index contributed by atoms with van der Waals surface area (Å²) in [6.07, 6.45) is -12.5. The van der Waals surface area contributed by atoms with E-state index in [9.17, 15) is 46.0 Å². The number of hydrogen-bond acceptors (Lipinski definition) is 17. The minimum absolute atomic E-state index is 0.0209. The summed E-state index contributed by atoms with van der Waals surface area (Å²) in [5.74, 6) is 1.31. The van der Waals surface area contributed by atoms with Crippen LogP contribution < -0.4 is 0 Å². The van der Waals surface area contributed by atoms with Gasteiger partial charge in [-0.3, -0.25) is 0 Å². The zero-order valence-corrected chi connectivity index (χ0v) is 35.9. The van der Waals surface area contributed by atoms with E-state index in [-0.39, 0.29) is 34.7 Å². The second kappa shape index (κ2) is 16.7. The fraction of sp³-hybridized carbons (Fsp3) is 0.955. The van der Waals surface area contributed by atoms with E-state index < -0.39 is 117 Å². The molecule has 3 saturated carbocycles. The second-order valence-corrected chi connectivity index (χ2v) is 20.7. The van der Waals surface area contributed by atoms with Gasteiger partial charge in [0.25, 0.3) is 0 Å². The van der Waals surface area contributed by atoms with Crippen molar-refractivity contribution in [1.82, 2.24) is 0 Å². The fourth-order valence-corrected chi connectivity index (χ4v) is 13.8. The van der Waals surface area contributed by atoms with Gasteiger partial charge in [0.2, 0.25) is 0 Å². The molecule has 4 aliphatic carbocycles. The Hall–Kier alpha value is -0.940. The van der Waals surface area contributed by atoms with E-state index >= 15 is 0 Å². The highest BCUT2D eigenvalue weighted by Gasteiger charge is 2.70. The summed E-state index contributed by atoms with van der Waals surface area (Å²) in [5.41, 5.74) is 0.927. The average Bonchev–Trinajstić information content (AvgIpc) is 3.80. The number of aliphatic hydroxyl groups is 9. The van der Waals surface area contributed by atoms with Crippen molar-refractivity contribution in [1.29, 1.82) is 0 Å². The molecule has 17 nitrogen and oxygen atoms in total. The lowest BCUT2D eigenvalue weighted by molar-refractivity contribution is -0.380. The monoisotopic (exact) mass is 870 g/mol. The molecule has 0 amide bonds. The maximum atomic E-state index is 12.1. The van der Waals surface area contributed by atoms with Gasteiger partial charge in [-0.05, 0) is 92.3 Å². The zero-order valence-electron chi connectivity index (χ0n) is 35.9. The maximum absolute atomic E-state index is 12.1. The van der Waals surface area contributed by atoms with Gasteiger partial charge >= 0.3 is 0 Å². The molecular weight excluding hydrogens is 800 g/mol. The van der Waals surface area contributed by atoms with E-state index in [0.29, 0.717) is 30.6 Å². The Kier molecular flexibility index (Phi) is 12.4. The smallest absolute Gasteiger partial charge is 0.187 e. The lowest BCUT2D eigenvalue weighted by Gasteiger charge is -2.59. The molecule has 0 aromatic rings. The lowest BCUT2D eigenvalue weighted by Crippen LogP contribution is -2.65. The van der Waals surface area contributed by atoms with E-state index in [4.69, 9.17) is 37.9 Å². The van der Waals surface area contributed by atoms with E-state index in [2.05, 4.69) is 27.7 Å². The Labute approximate surface area is 357 Å². The first-order valence-corrected chi connectivity index (χ1v) is 22.9. The van der Waals surface area contributed by atoms with Gasteiger partial charge in [0.05, 0.1) is 44.2 Å². The van der Waals surface area contributed by atoms with E-state index in [1.54, 1.807) is 0 Å². The predicted molar refractivity (Wildman–Crippen MR) is 210 cm³/mol. The molecule has 9 aliphatic rings. The first-order valence-electron chi connectivity index (χ1n) is 22.9. The second-order valence-electron chi connectivity index (χ2n) is 20.7. The zero-order chi connectivity index (χ0) is 43.5. The van der Waals surface area contributed by atoms with Crippen LogP contribution in [0.3, 0.4) is 0 Å². The van der Waals surface area contributed by atoms with Crippen molar-refractivity contribution in [2.75, 3.05) is 19.8 Å². The quantitative estimate of drug-likeness (QED) is 0.144. The number of fused-ring (bicyclic) bond motifs is 7. The van der Waals surface area contributed by atoms with Crippen LogP contribution in [0.2, 0.25) is 0 Å². The van der Waals surface area contributed by atoms with Gasteiger partial charge in [-0.1, -0.05) is 39.3 Å². The largest absolute Gasteiger partial charge is 0.394 e. The molecule has 9 N–H and O–H groups in total. The van der Waals surface area contributed by atoms with Crippen LogP contribution in [0.4, 0.5) is 0 Å². The summed E-state index contributed by atoms with van der Waals surface area (Å²) in [5, 5.41) is 97.0. The van der Waals surface area contributed by atoms with Crippen LogP contribution in [-0.2, 0) is 37.9 Å². The highest BCUT2D eigenvalue weighted by molar-refractivity contribution is 5.29. The third-order valence-corrected chi connectivity index (χ3v) is 17.4. The van der Waals surface area contributed by atoms with Gasteiger partial charge < -0.3 is 83.9 Å². The van der Waals surface area contributed by atoms with Crippen molar-refractivity contribution in [3.05, 3.63) is 11.6 Å². The van der Waals surface area contributed by atoms with Crippen molar-refractivity contribution < 1.29 is 83.9 Å². The Morgan fingerprint density at radius 1 is 0.689 bits per heavy atom. The summed E-state index contributed by atoms with van der Waals surface area (Å²) in [6.45, 7) is 10.2. The molecule has 5 aliphatic heterocycles. The Bertz CT molecular complexity index is 1590. The Balaban J connectivity index is 0.928. The molecular formula is C44H70O17. The molecule has 0 unspecified atom stereocenters. The molecule has 348 valence electrons. The highest BCUT2D eigenvalue weighted by Crippen LogP contribution is 2.70. The van der Waals surface area contributed by atoms with Crippen LogP contribution in [-0.4, -0.2) is 176 Å². The highest BCUT2D eigenvalue weighted by atomic mass is 16.8. The summed E-state index contributed by atoms with van der Waals surface area (Å²) in [7, 11) is 0. The van der Waals surface area contributed by atoms with Gasteiger partial charge in [0.1, 0.15) is 61.0 Å². The van der Waals surface area contributed by atoms with Crippen LogP contribution in [0.5, 0.6) is 0 Å². The molecule has 61 heavy (non-hydrogen) atoms. The molecule has 5 saturated heterocycles. The standard InChI is InChI=1S/C44H70O17/c1-18-6-11-44(54-17-18)19(2)30-26(61-44)14-24-29-23(8-10-43(24,30)5)42(4)9-7-22(12-21(42)13-25(29)47)56-41-38(60-39-35(52)33(50)31(48)20(3)55-39)36(53)37(28(16-46)58-41)59-40-34(51)32(49)27(15-45)57-40/h13,18-20,22-41,45-53H,6-12,14-17H2,1-5H3/t18-,19+,20+,22+,23+,24+,25-,26+,27+,28-,29-,30+,31+,32+,33-,34-,35-,36+,37-,38-,39+,40+,41-,42+,43+,44-/m1/s1. The summed E-state index contributed by atoms with van der Waals surface area (Å²) < 4.78 is 49.6. The molecule has 0 aromatic heterocycles. The fourth-order valence-electron chi connectivity index (χ4n) is 13.8. The first-order chi connectivity index (χ1) is 28.9. The molecule has 0 radical (unpaired) electrons. The summed E-state index contributed by atoms with van der Waals surface area (Å²) >= 11 is 0. The number of aliphatic hydroxyl groups excluding tert-OH is 9. The van der Waals surface area contributed by atoms with Gasteiger partial charge in [-0.2, -0.15) is 0 Å². The molecule has 8 fully saturated rings. The number of ether oxygens (including phenoxy) is 8. The molecule has 0 bridgehead atoms. The topological polar surface area (TPSA) is 256 Å². The lowest BCUT2D eigenvalue weighted by atomic mass is 9.46. The van der Waals surface area contributed by atoms with Gasteiger partial charge in [-0.15, -0.1) is 0 Å². The number of hydrogen-bond donors (Lipinski definition) is 9. The molecule has 26 atom stereocenters. The van der Waals surface area contributed by atoms with E-state index in [1.807, 2.05) is 6.08 Å². The minimum atomic E-state index is -1.73.